The van der Waals surface area contributed by atoms with E-state index in [1.54, 1.807) is 17.0 Å². The van der Waals surface area contributed by atoms with Crippen molar-refractivity contribution >= 4 is 54.0 Å². The van der Waals surface area contributed by atoms with E-state index in [9.17, 15) is 9.59 Å². The van der Waals surface area contributed by atoms with Crippen LogP contribution in [-0.4, -0.2) is 40.8 Å². The standard InChI is InChI=1S/C20H23ClN4O2.2ClH/c21-16-6-7-18(23-13-16)24-19(26)15-8-10-25(11-9-15)20(27)17(22)12-14-4-2-1-3-5-14;;/h1-7,13,15,17H,8-12,22H2,(H,23,24,26);2*1H. The SMILES string of the molecule is Cl.Cl.NC(Cc1ccccc1)C(=O)N1CCC(C(=O)Nc2ccc(Cl)cn2)CC1. The molecule has 9 heteroatoms. The van der Waals surface area contributed by atoms with Crippen molar-refractivity contribution in [1.82, 2.24) is 9.88 Å². The van der Waals surface area contributed by atoms with Crippen LogP contribution >= 0.6 is 36.4 Å². The molecule has 1 saturated heterocycles. The van der Waals surface area contributed by atoms with Crippen LogP contribution in [0.15, 0.2) is 48.7 Å². The van der Waals surface area contributed by atoms with Gasteiger partial charge in [-0.2, -0.15) is 0 Å². The van der Waals surface area contributed by atoms with Crippen LogP contribution in [0.25, 0.3) is 0 Å². The number of hydrogen-bond donors (Lipinski definition) is 2. The molecule has 158 valence electrons. The first kappa shape index (κ1) is 25.2. The van der Waals surface area contributed by atoms with Crippen LogP contribution in [0, 0.1) is 5.92 Å². The molecule has 0 aliphatic carbocycles. The highest BCUT2D eigenvalue weighted by atomic mass is 35.5. The average molecular weight is 460 g/mol. The summed E-state index contributed by atoms with van der Waals surface area (Å²) in [7, 11) is 0. The minimum absolute atomic E-state index is 0. The fourth-order valence-corrected chi connectivity index (χ4v) is 3.34. The van der Waals surface area contributed by atoms with Crippen LogP contribution in [0.1, 0.15) is 18.4 Å². The maximum atomic E-state index is 12.6. The second-order valence-electron chi connectivity index (χ2n) is 6.75. The van der Waals surface area contributed by atoms with E-state index in [1.165, 1.54) is 6.20 Å². The third kappa shape index (κ3) is 7.16. The molecular formula is C20H25Cl3N4O2. The van der Waals surface area contributed by atoms with Crippen LogP contribution < -0.4 is 11.1 Å². The molecule has 0 saturated carbocycles. The van der Waals surface area contributed by atoms with Gasteiger partial charge >= 0.3 is 0 Å². The van der Waals surface area contributed by atoms with E-state index >= 15 is 0 Å². The van der Waals surface area contributed by atoms with Crippen molar-refractivity contribution in [2.45, 2.75) is 25.3 Å². The molecular weight excluding hydrogens is 435 g/mol. The number of anilines is 1. The summed E-state index contributed by atoms with van der Waals surface area (Å²) in [6, 6.07) is 12.5. The molecule has 2 heterocycles. The second kappa shape index (κ2) is 12.0. The van der Waals surface area contributed by atoms with Gasteiger partial charge in [-0.1, -0.05) is 41.9 Å². The first-order valence-electron chi connectivity index (χ1n) is 9.03. The van der Waals surface area contributed by atoms with Gasteiger partial charge in [0.05, 0.1) is 11.1 Å². The summed E-state index contributed by atoms with van der Waals surface area (Å²) in [4.78, 5) is 30.8. The monoisotopic (exact) mass is 458 g/mol. The Morgan fingerprint density at radius 3 is 2.38 bits per heavy atom. The lowest BCUT2D eigenvalue weighted by Crippen LogP contribution is -2.49. The summed E-state index contributed by atoms with van der Waals surface area (Å²) >= 11 is 5.80. The molecule has 0 bridgehead atoms. The largest absolute Gasteiger partial charge is 0.341 e. The molecule has 2 amide bonds. The van der Waals surface area contributed by atoms with Crippen LogP contribution in [-0.2, 0) is 16.0 Å². The number of aromatic nitrogens is 1. The molecule has 3 N–H and O–H groups in total. The van der Waals surface area contributed by atoms with Crippen LogP contribution in [0.3, 0.4) is 0 Å². The van der Waals surface area contributed by atoms with E-state index < -0.39 is 6.04 Å². The van der Waals surface area contributed by atoms with Gasteiger partial charge in [-0.15, -0.1) is 24.8 Å². The predicted molar refractivity (Wildman–Crippen MR) is 120 cm³/mol. The zero-order valence-electron chi connectivity index (χ0n) is 15.8. The van der Waals surface area contributed by atoms with Gasteiger partial charge in [-0.05, 0) is 37.0 Å². The third-order valence-electron chi connectivity index (χ3n) is 4.77. The lowest BCUT2D eigenvalue weighted by Gasteiger charge is -2.33. The summed E-state index contributed by atoms with van der Waals surface area (Å²) in [5, 5.41) is 3.32. The van der Waals surface area contributed by atoms with Crippen molar-refractivity contribution < 1.29 is 9.59 Å². The lowest BCUT2D eigenvalue weighted by atomic mass is 9.95. The number of nitrogens with two attached hydrogens (primary N) is 1. The number of halogens is 3. The molecule has 1 unspecified atom stereocenters. The Balaban J connectivity index is 0.00000210. The summed E-state index contributed by atoms with van der Waals surface area (Å²) in [5.41, 5.74) is 7.14. The Labute approximate surface area is 188 Å². The Bertz CT molecular complexity index is 782. The topological polar surface area (TPSA) is 88.3 Å². The number of nitrogens with zero attached hydrogens (tertiary/aromatic N) is 2. The van der Waals surface area contributed by atoms with Crippen molar-refractivity contribution in [3.63, 3.8) is 0 Å². The van der Waals surface area contributed by atoms with Gasteiger partial charge in [0, 0.05) is 25.2 Å². The minimum Gasteiger partial charge on any atom is -0.341 e. The van der Waals surface area contributed by atoms with Gasteiger partial charge in [-0.3, -0.25) is 9.59 Å². The Hall–Kier alpha value is -1.86. The fraction of sp³-hybridized carbons (Fsp3) is 0.350. The lowest BCUT2D eigenvalue weighted by molar-refractivity contribution is -0.135. The van der Waals surface area contributed by atoms with Gasteiger partial charge < -0.3 is 16.0 Å². The van der Waals surface area contributed by atoms with Gasteiger partial charge in [0.25, 0.3) is 0 Å². The summed E-state index contributed by atoms with van der Waals surface area (Å²) in [5.74, 6) is 0.201. The number of amides is 2. The average Bonchev–Trinajstić information content (AvgIpc) is 2.70. The molecule has 1 aliphatic rings. The predicted octanol–water partition coefficient (Wildman–Crippen LogP) is 3.33. The number of carbonyl (C=O) groups is 2. The number of carbonyl (C=O) groups excluding carboxylic acids is 2. The van der Waals surface area contributed by atoms with Gasteiger partial charge in [0.2, 0.25) is 11.8 Å². The van der Waals surface area contributed by atoms with Crippen LogP contribution in [0.2, 0.25) is 5.02 Å². The van der Waals surface area contributed by atoms with E-state index in [-0.39, 0.29) is 42.5 Å². The highest BCUT2D eigenvalue weighted by molar-refractivity contribution is 6.30. The fourth-order valence-electron chi connectivity index (χ4n) is 3.23. The van der Waals surface area contributed by atoms with Gasteiger partial charge in [0.15, 0.2) is 0 Å². The summed E-state index contributed by atoms with van der Waals surface area (Å²) < 4.78 is 0. The third-order valence-corrected chi connectivity index (χ3v) is 5.00. The van der Waals surface area contributed by atoms with Gasteiger partial charge in [-0.25, -0.2) is 4.98 Å². The maximum absolute atomic E-state index is 12.6. The first-order chi connectivity index (χ1) is 13.0. The van der Waals surface area contributed by atoms with Crippen molar-refractivity contribution in [2.75, 3.05) is 18.4 Å². The van der Waals surface area contributed by atoms with Crippen molar-refractivity contribution in [1.29, 1.82) is 0 Å². The number of piperidine rings is 1. The first-order valence-corrected chi connectivity index (χ1v) is 9.41. The second-order valence-corrected chi connectivity index (χ2v) is 7.18. The van der Waals surface area contributed by atoms with Crippen LogP contribution in [0.4, 0.5) is 5.82 Å². The number of hydrogen-bond acceptors (Lipinski definition) is 4. The molecule has 3 rings (SSSR count). The van der Waals surface area contributed by atoms with E-state index in [4.69, 9.17) is 17.3 Å². The van der Waals surface area contributed by atoms with E-state index in [0.29, 0.717) is 43.2 Å². The highest BCUT2D eigenvalue weighted by Gasteiger charge is 2.29. The van der Waals surface area contributed by atoms with E-state index in [2.05, 4.69) is 10.3 Å². The number of rotatable bonds is 5. The van der Waals surface area contributed by atoms with Crippen molar-refractivity contribution in [3.8, 4) is 0 Å². The number of likely N-dealkylation sites (tertiary alicyclic amines) is 1. The zero-order valence-corrected chi connectivity index (χ0v) is 18.2. The maximum Gasteiger partial charge on any atom is 0.239 e. The van der Waals surface area contributed by atoms with Crippen molar-refractivity contribution in [3.05, 3.63) is 59.2 Å². The normalized spacial score (nSPS) is 14.9. The van der Waals surface area contributed by atoms with E-state index in [1.807, 2.05) is 30.3 Å². The Morgan fingerprint density at radius 2 is 1.79 bits per heavy atom. The molecule has 0 radical (unpaired) electrons. The van der Waals surface area contributed by atoms with E-state index in [0.717, 1.165) is 5.56 Å². The molecule has 1 atom stereocenters. The highest BCUT2D eigenvalue weighted by Crippen LogP contribution is 2.20. The van der Waals surface area contributed by atoms with Gasteiger partial charge in [0.1, 0.15) is 5.82 Å². The molecule has 6 nitrogen and oxygen atoms in total. The Kier molecular flexibility index (Phi) is 10.4. The van der Waals surface area contributed by atoms with Crippen molar-refractivity contribution in [2.24, 2.45) is 11.7 Å². The summed E-state index contributed by atoms with van der Waals surface area (Å²) in [6.45, 7) is 1.07. The molecule has 0 spiro atoms. The minimum atomic E-state index is -0.559. The molecule has 1 fully saturated rings. The number of nitrogens with one attached hydrogen (secondary N) is 1. The number of pyridine rings is 1. The van der Waals surface area contributed by atoms with Crippen LogP contribution in [0.5, 0.6) is 0 Å². The quantitative estimate of drug-likeness (QED) is 0.718. The molecule has 29 heavy (non-hydrogen) atoms. The zero-order chi connectivity index (χ0) is 19.2. The summed E-state index contributed by atoms with van der Waals surface area (Å²) in [6.07, 6.45) is 3.24. The molecule has 1 aromatic carbocycles. The smallest absolute Gasteiger partial charge is 0.239 e. The number of benzene rings is 1. The molecule has 2 aromatic rings. The Morgan fingerprint density at radius 1 is 1.14 bits per heavy atom. The molecule has 1 aliphatic heterocycles. The molecule has 1 aromatic heterocycles.